The van der Waals surface area contributed by atoms with Crippen LogP contribution in [0.1, 0.15) is 42.7 Å². The summed E-state index contributed by atoms with van der Waals surface area (Å²) in [5.41, 5.74) is -0.488. The van der Waals surface area contributed by atoms with Crippen LogP contribution in [0.3, 0.4) is 0 Å². The number of hydrogen-bond donors (Lipinski definition) is 4. The molecule has 19 heteroatoms. The van der Waals surface area contributed by atoms with Gasteiger partial charge in [-0.3, -0.25) is 14.5 Å². The Kier molecular flexibility index (Phi) is 10.9. The molecule has 0 aliphatic carbocycles. The third kappa shape index (κ3) is 7.57. The predicted molar refractivity (Wildman–Crippen MR) is 211 cm³/mol. The first-order valence-corrected chi connectivity index (χ1v) is 19.0. The summed E-state index contributed by atoms with van der Waals surface area (Å²) >= 11 is 0. The number of benzene rings is 3. The number of nitrogens with one attached hydrogen (secondary N) is 3. The Hall–Kier alpha value is -6.57. The summed E-state index contributed by atoms with van der Waals surface area (Å²) in [4.78, 5) is 64.2. The van der Waals surface area contributed by atoms with Gasteiger partial charge >= 0.3 is 18.2 Å². The summed E-state index contributed by atoms with van der Waals surface area (Å²) in [7, 11) is 2.46. The van der Waals surface area contributed by atoms with Crippen molar-refractivity contribution in [2.75, 3.05) is 83.5 Å². The van der Waals surface area contributed by atoms with E-state index in [0.717, 1.165) is 7.11 Å². The molecule has 2 aliphatic rings. The van der Waals surface area contributed by atoms with Crippen LogP contribution < -0.4 is 19.7 Å². The van der Waals surface area contributed by atoms with E-state index in [-0.39, 0.29) is 78.6 Å². The van der Waals surface area contributed by atoms with Crippen LogP contribution in [-0.4, -0.2) is 122 Å². The summed E-state index contributed by atoms with van der Waals surface area (Å²) in [6, 6.07) is 14.8. The highest BCUT2D eigenvalue weighted by Gasteiger charge is 2.42. The molecule has 2 aliphatic heterocycles. The number of H-pyrrole nitrogens is 2. The number of carbonyl (C=O) groups excluding carboxylic acids is 4. The van der Waals surface area contributed by atoms with Crippen LogP contribution >= 0.6 is 0 Å². The molecule has 4 N–H and O–H groups in total. The Morgan fingerprint density at radius 2 is 1.72 bits per heavy atom. The topological polar surface area (TPSA) is 192 Å². The lowest BCUT2D eigenvalue weighted by Crippen LogP contribution is -2.50. The lowest BCUT2D eigenvalue weighted by Gasteiger charge is -2.33. The van der Waals surface area contributed by atoms with Crippen molar-refractivity contribution in [1.82, 2.24) is 19.8 Å². The number of fused-ring (bicyclic) bond motifs is 5. The Morgan fingerprint density at radius 1 is 0.917 bits per heavy atom. The van der Waals surface area contributed by atoms with E-state index in [4.69, 9.17) is 28.5 Å². The summed E-state index contributed by atoms with van der Waals surface area (Å²) in [6.45, 7) is 2.57. The molecule has 5 heterocycles. The summed E-state index contributed by atoms with van der Waals surface area (Å²) < 4.78 is 70.5. The zero-order chi connectivity index (χ0) is 42.3. The van der Waals surface area contributed by atoms with Crippen molar-refractivity contribution in [3.8, 4) is 11.5 Å². The molecule has 0 atom stereocenters. The number of rotatable bonds is 11. The quantitative estimate of drug-likeness (QED) is 0.0913. The smallest absolute Gasteiger partial charge is 0.432 e. The molecule has 3 amide bonds. The van der Waals surface area contributed by atoms with Crippen LogP contribution in [-0.2, 0) is 22.1 Å². The second kappa shape index (κ2) is 16.2. The van der Waals surface area contributed by atoms with Crippen LogP contribution in [0, 0.1) is 0 Å². The van der Waals surface area contributed by atoms with Gasteiger partial charge in [0.15, 0.2) is 22.8 Å². The van der Waals surface area contributed by atoms with Crippen molar-refractivity contribution in [2.24, 2.45) is 0 Å². The number of carbonyl (C=O) groups is 4. The van der Waals surface area contributed by atoms with Crippen molar-refractivity contribution in [1.29, 1.82) is 0 Å². The molecule has 0 bridgehead atoms. The second-order valence-corrected chi connectivity index (χ2v) is 14.2. The number of methoxy groups -OCH3 is 2. The van der Waals surface area contributed by atoms with Gasteiger partial charge in [-0.2, -0.15) is 13.2 Å². The van der Waals surface area contributed by atoms with Gasteiger partial charge in [-0.05, 0) is 48.4 Å². The van der Waals surface area contributed by atoms with Crippen molar-refractivity contribution in [3.05, 3.63) is 82.9 Å². The van der Waals surface area contributed by atoms with E-state index < -0.39 is 41.3 Å². The number of aliphatic hydroxyl groups excluding tert-OH is 1. The van der Waals surface area contributed by atoms with Gasteiger partial charge in [0, 0.05) is 72.7 Å². The number of ether oxygens (including phenoxy) is 4. The number of anilines is 2. The van der Waals surface area contributed by atoms with Crippen molar-refractivity contribution in [3.63, 3.8) is 0 Å². The van der Waals surface area contributed by atoms with E-state index in [1.165, 1.54) is 23.0 Å². The number of amides is 3. The minimum absolute atomic E-state index is 0.0246. The Bertz CT molecular complexity index is 2640. The molecule has 3 aromatic carbocycles. The highest BCUT2D eigenvalue weighted by molar-refractivity contribution is 6.15. The number of aliphatic hydroxyl groups is 1. The first-order valence-electron chi connectivity index (χ1n) is 19.0. The molecule has 0 unspecified atom stereocenters. The number of esters is 1. The molecule has 0 spiro atoms. The summed E-state index contributed by atoms with van der Waals surface area (Å²) in [5.74, 6) is -2.09. The third-order valence-electron chi connectivity index (χ3n) is 10.6. The number of hydrogen-bond acceptors (Lipinski definition) is 11. The van der Waals surface area contributed by atoms with Gasteiger partial charge in [0.1, 0.15) is 11.4 Å². The van der Waals surface area contributed by atoms with Crippen LogP contribution in [0.25, 0.3) is 32.8 Å². The lowest BCUT2D eigenvalue weighted by atomic mass is 10.0. The molecule has 3 aromatic heterocycles. The zero-order valence-corrected chi connectivity index (χ0v) is 32.4. The molecule has 6 aromatic rings. The zero-order valence-electron chi connectivity index (χ0n) is 32.4. The van der Waals surface area contributed by atoms with Gasteiger partial charge in [-0.1, -0.05) is 12.1 Å². The maximum Gasteiger partial charge on any atom is 0.432 e. The molecule has 1 fully saturated rings. The SMILES string of the molecule is COC(=O)c1c(C(F)(F)F)[nH]c2c(OC(=O)N3CCN(CCOCCO)CC3)cc3c(c12)CCN3C(=O)c1cc2cc(NC(=O)c3cc4cccc(OC)c4o3)ccc2[nH]1. The molecule has 60 heavy (non-hydrogen) atoms. The number of furan rings is 1. The number of halogens is 3. The van der Waals surface area contributed by atoms with Crippen LogP contribution in [0.2, 0.25) is 0 Å². The van der Waals surface area contributed by atoms with Gasteiger partial charge in [-0.15, -0.1) is 0 Å². The predicted octanol–water partition coefficient (Wildman–Crippen LogP) is 5.79. The maximum atomic E-state index is 14.5. The highest BCUT2D eigenvalue weighted by Crippen LogP contribution is 2.46. The monoisotopic (exact) mass is 832 g/mol. The van der Waals surface area contributed by atoms with Gasteiger partial charge in [0.05, 0.1) is 50.8 Å². The average Bonchev–Trinajstić information content (AvgIpc) is 4.05. The van der Waals surface area contributed by atoms with Crippen LogP contribution in [0.4, 0.5) is 29.3 Å². The molecular formula is C41H39F3N6O10. The number of aromatic nitrogens is 2. The lowest BCUT2D eigenvalue weighted by molar-refractivity contribution is -0.141. The second-order valence-electron chi connectivity index (χ2n) is 14.2. The average molecular weight is 833 g/mol. The first kappa shape index (κ1) is 40.2. The van der Waals surface area contributed by atoms with Crippen molar-refractivity contribution < 1.29 is 60.8 Å². The first-order chi connectivity index (χ1) is 28.9. The fraction of sp³-hybridized carbons (Fsp3) is 0.317. The van der Waals surface area contributed by atoms with Crippen molar-refractivity contribution >= 4 is 68.0 Å². The number of aromatic amines is 2. The van der Waals surface area contributed by atoms with Crippen LogP contribution in [0.5, 0.6) is 11.5 Å². The standard InChI is InChI=1S/C41H39F3N6O10/c1-56-29-5-3-4-22-20-31(59-35(22)29)37(52)45-24-6-7-26-23(18-24)19-27(46-26)38(53)50-9-8-25-28(50)21-30(34-32(25)33(39(54)57-2)36(47-34)41(42,43)44)60-40(55)49-12-10-48(11-13-49)14-16-58-17-15-51/h3-7,18-21,46-47,51H,8-17H2,1-2H3,(H,45,52). The van der Waals surface area contributed by atoms with Crippen LogP contribution in [0.15, 0.2) is 59.0 Å². The fourth-order valence-corrected chi connectivity index (χ4v) is 7.69. The Morgan fingerprint density at radius 3 is 2.45 bits per heavy atom. The van der Waals surface area contributed by atoms with Crippen molar-refractivity contribution in [2.45, 2.75) is 12.6 Å². The number of piperazine rings is 1. The van der Waals surface area contributed by atoms with Gasteiger partial charge in [0.2, 0.25) is 0 Å². The third-order valence-corrected chi connectivity index (χ3v) is 10.6. The summed E-state index contributed by atoms with van der Waals surface area (Å²) in [5, 5.41) is 12.8. The molecule has 0 saturated carbocycles. The van der Waals surface area contributed by atoms with Gasteiger partial charge in [-0.25, -0.2) is 9.59 Å². The van der Waals surface area contributed by atoms with E-state index in [1.54, 1.807) is 48.5 Å². The number of alkyl halides is 3. The molecule has 1 saturated heterocycles. The molecule has 0 radical (unpaired) electrons. The van der Waals surface area contributed by atoms with E-state index in [9.17, 15) is 32.3 Å². The van der Waals surface area contributed by atoms with Gasteiger partial charge in [0.25, 0.3) is 11.8 Å². The van der Waals surface area contributed by atoms with E-state index in [1.807, 2.05) is 0 Å². The van der Waals surface area contributed by atoms with E-state index in [0.29, 0.717) is 59.6 Å². The molecular weight excluding hydrogens is 793 g/mol. The maximum absolute atomic E-state index is 14.5. The number of para-hydroxylation sites is 1. The minimum Gasteiger partial charge on any atom is -0.493 e. The minimum atomic E-state index is -5.02. The fourth-order valence-electron chi connectivity index (χ4n) is 7.69. The largest absolute Gasteiger partial charge is 0.493 e. The normalized spacial score (nSPS) is 14.6. The Labute approximate surface area is 338 Å². The van der Waals surface area contributed by atoms with Gasteiger partial charge < -0.3 is 53.6 Å². The number of nitrogens with zero attached hydrogens (tertiary/aromatic N) is 3. The highest BCUT2D eigenvalue weighted by atomic mass is 19.4. The molecule has 8 rings (SSSR count). The molecule has 314 valence electrons. The van der Waals surface area contributed by atoms with E-state index >= 15 is 0 Å². The summed E-state index contributed by atoms with van der Waals surface area (Å²) in [6.07, 6.45) is -5.78. The molecule has 16 nitrogen and oxygen atoms in total. The van der Waals surface area contributed by atoms with E-state index in [2.05, 4.69) is 20.2 Å². The Balaban J connectivity index is 1.08.